The molecule has 0 saturated heterocycles. The van der Waals surface area contributed by atoms with Gasteiger partial charge in [0.05, 0.1) is 12.9 Å². The van der Waals surface area contributed by atoms with E-state index in [4.69, 9.17) is 4.42 Å². The van der Waals surface area contributed by atoms with E-state index >= 15 is 0 Å². The Morgan fingerprint density at radius 3 is 2.75 bits per heavy atom. The molecule has 1 amide bonds. The summed E-state index contributed by atoms with van der Waals surface area (Å²) < 4.78 is 5.16. The van der Waals surface area contributed by atoms with Crippen molar-refractivity contribution in [1.29, 1.82) is 0 Å². The molecular formula is C12H19NO3. The molecule has 1 rings (SSSR count). The number of amides is 1. The number of hydrogen-bond acceptors (Lipinski definition) is 3. The highest BCUT2D eigenvalue weighted by molar-refractivity contribution is 5.82. The van der Waals surface area contributed by atoms with Crippen molar-refractivity contribution in [2.75, 3.05) is 6.61 Å². The van der Waals surface area contributed by atoms with Crippen LogP contribution in [0.4, 0.5) is 0 Å². The molecule has 1 unspecified atom stereocenters. The maximum Gasteiger partial charge on any atom is 0.226 e. The zero-order valence-corrected chi connectivity index (χ0v) is 9.99. The van der Waals surface area contributed by atoms with Crippen LogP contribution in [0.5, 0.6) is 0 Å². The molecule has 0 aliphatic carbocycles. The van der Waals surface area contributed by atoms with Crippen LogP contribution in [0, 0.1) is 5.41 Å². The van der Waals surface area contributed by atoms with Crippen LogP contribution in [0.1, 0.15) is 39.0 Å². The zero-order valence-electron chi connectivity index (χ0n) is 9.99. The van der Waals surface area contributed by atoms with Crippen LogP contribution in [0.2, 0.25) is 0 Å². The van der Waals surface area contributed by atoms with Crippen LogP contribution in [0.25, 0.3) is 0 Å². The van der Waals surface area contributed by atoms with Crippen LogP contribution in [-0.4, -0.2) is 17.6 Å². The second-order valence-electron chi connectivity index (χ2n) is 4.46. The fourth-order valence-electron chi connectivity index (χ4n) is 1.21. The normalized spacial score (nSPS) is 13.5. The second kappa shape index (κ2) is 5.16. The Morgan fingerprint density at radius 2 is 2.31 bits per heavy atom. The lowest BCUT2D eigenvalue weighted by Gasteiger charge is -2.24. The summed E-state index contributed by atoms with van der Waals surface area (Å²) in [5, 5.41) is 12.0. The summed E-state index contributed by atoms with van der Waals surface area (Å²) in [6.45, 7) is 5.54. The standard InChI is InChI=1S/C12H19NO3/c1-4-12(2,3)11(15)13-9(8-14)10-6-5-7-16-10/h5-7,9,14H,4,8H2,1-3H3,(H,13,15). The van der Waals surface area contributed by atoms with E-state index in [0.29, 0.717) is 5.76 Å². The lowest BCUT2D eigenvalue weighted by molar-refractivity contribution is -0.130. The van der Waals surface area contributed by atoms with Gasteiger partial charge >= 0.3 is 0 Å². The first kappa shape index (κ1) is 12.8. The molecular weight excluding hydrogens is 206 g/mol. The Balaban J connectivity index is 2.68. The highest BCUT2D eigenvalue weighted by atomic mass is 16.3. The Kier molecular flexibility index (Phi) is 4.12. The third kappa shape index (κ3) is 2.85. The number of aliphatic hydroxyl groups excluding tert-OH is 1. The van der Waals surface area contributed by atoms with Gasteiger partial charge < -0.3 is 14.8 Å². The van der Waals surface area contributed by atoms with Crippen molar-refractivity contribution in [1.82, 2.24) is 5.32 Å². The maximum atomic E-state index is 11.9. The van der Waals surface area contributed by atoms with Crippen molar-refractivity contribution in [3.8, 4) is 0 Å². The summed E-state index contributed by atoms with van der Waals surface area (Å²) in [4.78, 5) is 11.9. The number of nitrogens with one attached hydrogen (secondary N) is 1. The van der Waals surface area contributed by atoms with Crippen LogP contribution in [-0.2, 0) is 4.79 Å². The van der Waals surface area contributed by atoms with E-state index in [1.54, 1.807) is 12.1 Å². The van der Waals surface area contributed by atoms with Crippen LogP contribution < -0.4 is 5.32 Å². The highest BCUT2D eigenvalue weighted by Crippen LogP contribution is 2.22. The van der Waals surface area contributed by atoms with Crippen LogP contribution >= 0.6 is 0 Å². The van der Waals surface area contributed by atoms with E-state index in [-0.39, 0.29) is 12.5 Å². The molecule has 1 aromatic rings. The third-order valence-corrected chi connectivity index (χ3v) is 2.87. The zero-order chi connectivity index (χ0) is 12.2. The van der Waals surface area contributed by atoms with Crippen molar-refractivity contribution >= 4 is 5.91 Å². The Hall–Kier alpha value is -1.29. The minimum atomic E-state index is -0.465. The topological polar surface area (TPSA) is 62.5 Å². The Labute approximate surface area is 95.7 Å². The smallest absolute Gasteiger partial charge is 0.226 e. The maximum absolute atomic E-state index is 11.9. The van der Waals surface area contributed by atoms with Crippen molar-refractivity contribution in [3.05, 3.63) is 24.2 Å². The van der Waals surface area contributed by atoms with Gasteiger partial charge in [-0.25, -0.2) is 0 Å². The summed E-state index contributed by atoms with van der Waals surface area (Å²) >= 11 is 0. The minimum absolute atomic E-state index is 0.0783. The molecule has 0 bridgehead atoms. The fraction of sp³-hybridized carbons (Fsp3) is 0.583. The molecule has 4 nitrogen and oxygen atoms in total. The van der Waals surface area contributed by atoms with Gasteiger partial charge in [-0.05, 0) is 18.6 Å². The molecule has 0 fully saturated rings. The largest absolute Gasteiger partial charge is 0.467 e. The van der Waals surface area contributed by atoms with Crippen LogP contribution in [0.15, 0.2) is 22.8 Å². The number of carbonyl (C=O) groups excluding carboxylic acids is 1. The quantitative estimate of drug-likeness (QED) is 0.804. The molecule has 0 aliphatic heterocycles. The lowest BCUT2D eigenvalue weighted by Crippen LogP contribution is -2.39. The third-order valence-electron chi connectivity index (χ3n) is 2.87. The van der Waals surface area contributed by atoms with Gasteiger partial charge in [-0.3, -0.25) is 4.79 Å². The van der Waals surface area contributed by atoms with E-state index in [2.05, 4.69) is 5.32 Å². The van der Waals surface area contributed by atoms with Gasteiger partial charge in [-0.2, -0.15) is 0 Å². The first-order valence-electron chi connectivity index (χ1n) is 5.46. The first-order valence-corrected chi connectivity index (χ1v) is 5.46. The van der Waals surface area contributed by atoms with E-state index in [9.17, 15) is 9.90 Å². The number of aliphatic hydroxyl groups is 1. The molecule has 1 heterocycles. The Bertz CT molecular complexity index is 330. The highest BCUT2D eigenvalue weighted by Gasteiger charge is 2.28. The first-order chi connectivity index (χ1) is 7.51. The molecule has 90 valence electrons. The van der Waals surface area contributed by atoms with Crippen molar-refractivity contribution < 1.29 is 14.3 Å². The van der Waals surface area contributed by atoms with Crippen molar-refractivity contribution in [3.63, 3.8) is 0 Å². The van der Waals surface area contributed by atoms with E-state index < -0.39 is 11.5 Å². The van der Waals surface area contributed by atoms with E-state index in [1.165, 1.54) is 6.26 Å². The molecule has 2 N–H and O–H groups in total. The molecule has 1 atom stereocenters. The fourth-order valence-corrected chi connectivity index (χ4v) is 1.21. The summed E-state index contributed by atoms with van der Waals surface area (Å²) in [6.07, 6.45) is 2.27. The molecule has 0 aromatic carbocycles. The number of furan rings is 1. The average Bonchev–Trinajstić information content (AvgIpc) is 2.78. The van der Waals surface area contributed by atoms with Gasteiger partial charge in [-0.15, -0.1) is 0 Å². The van der Waals surface area contributed by atoms with Crippen molar-refractivity contribution in [2.45, 2.75) is 33.2 Å². The Morgan fingerprint density at radius 1 is 1.62 bits per heavy atom. The molecule has 0 radical (unpaired) electrons. The van der Waals surface area contributed by atoms with Gasteiger partial charge in [-0.1, -0.05) is 20.8 Å². The number of hydrogen-bond donors (Lipinski definition) is 2. The lowest BCUT2D eigenvalue weighted by atomic mass is 9.89. The van der Waals surface area contributed by atoms with Crippen LogP contribution in [0.3, 0.4) is 0 Å². The molecule has 0 aliphatic rings. The van der Waals surface area contributed by atoms with E-state index in [0.717, 1.165) is 6.42 Å². The summed E-state index contributed by atoms with van der Waals surface area (Å²) in [5.41, 5.74) is -0.431. The SMILES string of the molecule is CCC(C)(C)C(=O)NC(CO)c1ccco1. The molecule has 0 spiro atoms. The van der Waals surface area contributed by atoms with Gasteiger partial charge in [0, 0.05) is 5.41 Å². The molecule has 4 heteroatoms. The molecule has 1 aromatic heterocycles. The summed E-state index contributed by atoms with van der Waals surface area (Å²) in [5.74, 6) is 0.494. The van der Waals surface area contributed by atoms with Crippen molar-refractivity contribution in [2.24, 2.45) is 5.41 Å². The monoisotopic (exact) mass is 225 g/mol. The van der Waals surface area contributed by atoms with Gasteiger partial charge in [0.2, 0.25) is 5.91 Å². The number of rotatable bonds is 5. The van der Waals surface area contributed by atoms with Gasteiger partial charge in [0.25, 0.3) is 0 Å². The second-order valence-corrected chi connectivity index (χ2v) is 4.46. The predicted octanol–water partition coefficient (Wildman–Crippen LogP) is 1.87. The minimum Gasteiger partial charge on any atom is -0.467 e. The van der Waals surface area contributed by atoms with Gasteiger partial charge in [0.1, 0.15) is 11.8 Å². The predicted molar refractivity (Wildman–Crippen MR) is 60.7 cm³/mol. The average molecular weight is 225 g/mol. The van der Waals surface area contributed by atoms with Gasteiger partial charge in [0.15, 0.2) is 0 Å². The number of carbonyl (C=O) groups is 1. The molecule has 16 heavy (non-hydrogen) atoms. The summed E-state index contributed by atoms with van der Waals surface area (Å²) in [7, 11) is 0. The van der Waals surface area contributed by atoms with E-state index in [1.807, 2.05) is 20.8 Å². The molecule has 0 saturated carbocycles. The summed E-state index contributed by atoms with van der Waals surface area (Å²) in [6, 6.07) is 3.00.